The maximum atomic E-state index is 12.4. The van der Waals surface area contributed by atoms with Crippen molar-refractivity contribution < 1.29 is 9.59 Å². The first-order chi connectivity index (χ1) is 11.7. The van der Waals surface area contributed by atoms with Crippen LogP contribution < -0.4 is 16.0 Å². The van der Waals surface area contributed by atoms with Crippen molar-refractivity contribution in [3.63, 3.8) is 0 Å². The van der Waals surface area contributed by atoms with Crippen LogP contribution in [0.2, 0.25) is 0 Å². The zero-order chi connectivity index (χ0) is 16.9. The number of carbonyl (C=O) groups is 2. The summed E-state index contributed by atoms with van der Waals surface area (Å²) < 4.78 is 0. The van der Waals surface area contributed by atoms with Gasteiger partial charge in [-0.1, -0.05) is 6.92 Å². The van der Waals surface area contributed by atoms with E-state index in [9.17, 15) is 9.59 Å². The third-order valence-corrected chi connectivity index (χ3v) is 4.84. The molecule has 1 fully saturated rings. The molecule has 0 aromatic heterocycles. The molecule has 0 spiro atoms. The number of carbonyl (C=O) groups excluding carboxylic acids is 2. The van der Waals surface area contributed by atoms with Gasteiger partial charge in [-0.25, -0.2) is 4.79 Å². The van der Waals surface area contributed by atoms with E-state index in [4.69, 9.17) is 0 Å². The van der Waals surface area contributed by atoms with E-state index in [1.165, 1.54) is 0 Å². The predicted octanol–water partition coefficient (Wildman–Crippen LogP) is 2.42. The van der Waals surface area contributed by atoms with Gasteiger partial charge in [0.15, 0.2) is 0 Å². The van der Waals surface area contributed by atoms with E-state index < -0.39 is 0 Å². The predicted molar refractivity (Wildman–Crippen MR) is 95.3 cm³/mol. The summed E-state index contributed by atoms with van der Waals surface area (Å²) in [7, 11) is 0. The first-order valence-electron chi connectivity index (χ1n) is 8.85. The van der Waals surface area contributed by atoms with Crippen molar-refractivity contribution in [2.75, 3.05) is 36.8 Å². The number of amides is 3. The van der Waals surface area contributed by atoms with Crippen LogP contribution in [0.1, 0.15) is 31.7 Å². The van der Waals surface area contributed by atoms with Crippen LogP contribution in [0.25, 0.3) is 0 Å². The van der Waals surface area contributed by atoms with Crippen LogP contribution in [0.3, 0.4) is 0 Å². The molecule has 0 aliphatic carbocycles. The Balaban J connectivity index is 1.53. The van der Waals surface area contributed by atoms with Crippen molar-refractivity contribution in [1.82, 2.24) is 10.2 Å². The Morgan fingerprint density at radius 2 is 2.08 bits per heavy atom. The average Bonchev–Trinajstić information content (AvgIpc) is 2.60. The summed E-state index contributed by atoms with van der Waals surface area (Å²) >= 11 is 0. The van der Waals surface area contributed by atoms with Gasteiger partial charge in [-0.15, -0.1) is 0 Å². The minimum absolute atomic E-state index is 0.0308. The standard InChI is InChI=1S/C18H26N4O2/c1-2-19-12-13-7-9-22(10-8-13)18(24)20-15-4-5-16-14(11-15)3-6-17(23)21-16/h4-5,11,13,19H,2-3,6-10,12H2,1H3,(H,20,24)(H,21,23). The van der Waals surface area contributed by atoms with Crippen LogP contribution in [0.15, 0.2) is 18.2 Å². The monoisotopic (exact) mass is 330 g/mol. The van der Waals surface area contributed by atoms with Crippen LogP contribution in [0.4, 0.5) is 16.2 Å². The number of nitrogens with zero attached hydrogens (tertiary/aromatic N) is 1. The van der Waals surface area contributed by atoms with Gasteiger partial charge in [0.05, 0.1) is 0 Å². The molecule has 24 heavy (non-hydrogen) atoms. The number of aryl methyl sites for hydroxylation is 1. The molecule has 6 nitrogen and oxygen atoms in total. The molecule has 3 rings (SSSR count). The van der Waals surface area contributed by atoms with Crippen LogP contribution >= 0.6 is 0 Å². The summed E-state index contributed by atoms with van der Waals surface area (Å²) in [5.74, 6) is 0.723. The van der Waals surface area contributed by atoms with Crippen molar-refractivity contribution in [2.24, 2.45) is 5.92 Å². The van der Waals surface area contributed by atoms with Gasteiger partial charge in [0.2, 0.25) is 5.91 Å². The highest BCUT2D eigenvalue weighted by molar-refractivity contribution is 5.95. The summed E-state index contributed by atoms with van der Waals surface area (Å²) in [6.07, 6.45) is 3.33. The number of urea groups is 1. The first-order valence-corrected chi connectivity index (χ1v) is 8.85. The number of nitrogens with one attached hydrogen (secondary N) is 3. The normalized spacial score (nSPS) is 18.0. The van der Waals surface area contributed by atoms with Crippen LogP contribution in [-0.4, -0.2) is 43.0 Å². The van der Waals surface area contributed by atoms with E-state index in [0.29, 0.717) is 12.3 Å². The van der Waals surface area contributed by atoms with Gasteiger partial charge in [-0.3, -0.25) is 4.79 Å². The molecule has 2 aliphatic heterocycles. The lowest BCUT2D eigenvalue weighted by atomic mass is 9.97. The quantitative estimate of drug-likeness (QED) is 0.794. The molecule has 1 saturated heterocycles. The first kappa shape index (κ1) is 16.8. The fourth-order valence-corrected chi connectivity index (χ4v) is 3.35. The van der Waals surface area contributed by atoms with Crippen molar-refractivity contribution in [2.45, 2.75) is 32.6 Å². The molecule has 0 bridgehead atoms. The van der Waals surface area contributed by atoms with Crippen molar-refractivity contribution in [1.29, 1.82) is 0 Å². The molecule has 3 amide bonds. The molecular formula is C18H26N4O2. The van der Waals surface area contributed by atoms with E-state index >= 15 is 0 Å². The lowest BCUT2D eigenvalue weighted by Crippen LogP contribution is -2.42. The van der Waals surface area contributed by atoms with Gasteiger partial charge in [-0.2, -0.15) is 0 Å². The van der Waals surface area contributed by atoms with Crippen LogP contribution in [-0.2, 0) is 11.2 Å². The van der Waals surface area contributed by atoms with Gasteiger partial charge >= 0.3 is 6.03 Å². The van der Waals surface area contributed by atoms with E-state index in [1.807, 2.05) is 23.1 Å². The van der Waals surface area contributed by atoms with Gasteiger partial charge in [0.1, 0.15) is 0 Å². The molecule has 1 aromatic rings. The molecule has 2 aliphatic rings. The smallest absolute Gasteiger partial charge is 0.321 e. The molecule has 130 valence electrons. The second-order valence-corrected chi connectivity index (χ2v) is 6.59. The molecule has 6 heteroatoms. The van der Waals surface area contributed by atoms with E-state index in [-0.39, 0.29) is 11.9 Å². The highest BCUT2D eigenvalue weighted by Gasteiger charge is 2.23. The molecule has 0 atom stereocenters. The lowest BCUT2D eigenvalue weighted by molar-refractivity contribution is -0.116. The summed E-state index contributed by atoms with van der Waals surface area (Å²) in [5, 5.41) is 9.23. The van der Waals surface area contributed by atoms with Crippen LogP contribution in [0.5, 0.6) is 0 Å². The fraction of sp³-hybridized carbons (Fsp3) is 0.556. The maximum absolute atomic E-state index is 12.4. The minimum Gasteiger partial charge on any atom is -0.326 e. The molecule has 1 aromatic carbocycles. The molecule has 0 saturated carbocycles. The second-order valence-electron chi connectivity index (χ2n) is 6.59. The third kappa shape index (κ3) is 4.06. The van der Waals surface area contributed by atoms with Crippen LogP contribution in [0, 0.1) is 5.92 Å². The van der Waals surface area contributed by atoms with E-state index in [1.54, 1.807) is 0 Å². The Morgan fingerprint density at radius 3 is 2.83 bits per heavy atom. The number of rotatable bonds is 4. The van der Waals surface area contributed by atoms with Gasteiger partial charge in [0, 0.05) is 30.9 Å². The Hall–Kier alpha value is -2.08. The summed E-state index contributed by atoms with van der Waals surface area (Å²) in [4.78, 5) is 25.7. The zero-order valence-corrected chi connectivity index (χ0v) is 14.2. The van der Waals surface area contributed by atoms with Crippen molar-refractivity contribution in [3.05, 3.63) is 23.8 Å². The summed E-state index contributed by atoms with van der Waals surface area (Å²) in [5.41, 5.74) is 2.73. The highest BCUT2D eigenvalue weighted by Crippen LogP contribution is 2.26. The van der Waals surface area contributed by atoms with Gasteiger partial charge < -0.3 is 20.9 Å². The zero-order valence-electron chi connectivity index (χ0n) is 14.2. The number of anilines is 2. The van der Waals surface area contributed by atoms with Gasteiger partial charge in [0.25, 0.3) is 0 Å². The number of piperidine rings is 1. The Morgan fingerprint density at radius 1 is 1.29 bits per heavy atom. The van der Waals surface area contributed by atoms with E-state index in [2.05, 4.69) is 22.9 Å². The third-order valence-electron chi connectivity index (χ3n) is 4.84. The van der Waals surface area contributed by atoms with Crippen molar-refractivity contribution in [3.8, 4) is 0 Å². The number of hydrogen-bond acceptors (Lipinski definition) is 3. The topological polar surface area (TPSA) is 73.5 Å². The number of likely N-dealkylation sites (tertiary alicyclic amines) is 1. The Labute approximate surface area is 143 Å². The fourth-order valence-electron chi connectivity index (χ4n) is 3.35. The SMILES string of the molecule is CCNCC1CCN(C(=O)Nc2ccc3c(c2)CCC(=O)N3)CC1. The maximum Gasteiger partial charge on any atom is 0.321 e. The number of benzene rings is 1. The minimum atomic E-state index is -0.0308. The summed E-state index contributed by atoms with van der Waals surface area (Å²) in [6.45, 7) is 5.78. The number of hydrogen-bond donors (Lipinski definition) is 3. The largest absolute Gasteiger partial charge is 0.326 e. The molecule has 2 heterocycles. The molecular weight excluding hydrogens is 304 g/mol. The number of fused-ring (bicyclic) bond motifs is 1. The molecule has 0 radical (unpaired) electrons. The average molecular weight is 330 g/mol. The lowest BCUT2D eigenvalue weighted by Gasteiger charge is -2.32. The summed E-state index contributed by atoms with van der Waals surface area (Å²) in [6, 6.07) is 5.65. The molecule has 3 N–H and O–H groups in total. The van der Waals surface area contributed by atoms with Gasteiger partial charge in [-0.05, 0) is 62.0 Å². The Kier molecular flexibility index (Phi) is 5.35. The van der Waals surface area contributed by atoms with E-state index in [0.717, 1.165) is 62.4 Å². The molecule has 0 unspecified atom stereocenters. The van der Waals surface area contributed by atoms with Crippen molar-refractivity contribution >= 4 is 23.3 Å². The highest BCUT2D eigenvalue weighted by atomic mass is 16.2. The Bertz CT molecular complexity index is 609. The second kappa shape index (κ2) is 7.66.